The predicted molar refractivity (Wildman–Crippen MR) is 116 cm³/mol. The Bertz CT molecular complexity index is 889. The van der Waals surface area contributed by atoms with E-state index in [0.717, 1.165) is 31.2 Å². The van der Waals surface area contributed by atoms with E-state index in [-0.39, 0.29) is 24.9 Å². The summed E-state index contributed by atoms with van der Waals surface area (Å²) >= 11 is 0. The minimum Gasteiger partial charge on any atom is -0.508 e. The predicted octanol–water partition coefficient (Wildman–Crippen LogP) is 3.63. The molecule has 0 radical (unpaired) electrons. The lowest BCUT2D eigenvalue weighted by molar-refractivity contribution is -0.145. The Morgan fingerprint density at radius 1 is 1.10 bits per heavy atom. The lowest BCUT2D eigenvalue weighted by atomic mass is 10.0. The molecule has 2 aromatic rings. The van der Waals surface area contributed by atoms with Crippen LogP contribution in [0.3, 0.4) is 0 Å². The second-order valence-electron chi connectivity index (χ2n) is 7.54. The van der Waals surface area contributed by atoms with Crippen molar-refractivity contribution in [1.29, 1.82) is 0 Å². The fourth-order valence-electron chi connectivity index (χ4n) is 3.64. The molecule has 1 aliphatic rings. The average Bonchev–Trinajstić information content (AvgIpc) is 3.28. The zero-order chi connectivity index (χ0) is 22.2. The third kappa shape index (κ3) is 6.13. The van der Waals surface area contributed by atoms with Crippen LogP contribution in [0.1, 0.15) is 48.5 Å². The Hall–Kier alpha value is -3.22. The maximum absolute atomic E-state index is 12.9. The van der Waals surface area contributed by atoms with Gasteiger partial charge in [0.25, 0.3) is 5.91 Å². The van der Waals surface area contributed by atoms with Crippen molar-refractivity contribution in [3.05, 3.63) is 53.6 Å². The SMILES string of the molecule is CCOC(=O)C(Cc1ccc(O)cc1)NC(=O)c1ccc(OC)c(OC2CCCC2)c1. The monoisotopic (exact) mass is 427 g/mol. The van der Waals surface area contributed by atoms with Gasteiger partial charge in [-0.1, -0.05) is 12.1 Å². The van der Waals surface area contributed by atoms with E-state index in [4.69, 9.17) is 14.2 Å². The summed E-state index contributed by atoms with van der Waals surface area (Å²) in [7, 11) is 1.56. The molecule has 0 aliphatic heterocycles. The Morgan fingerprint density at radius 3 is 2.45 bits per heavy atom. The van der Waals surface area contributed by atoms with Crippen molar-refractivity contribution in [2.75, 3.05) is 13.7 Å². The number of ether oxygens (including phenoxy) is 3. The molecule has 3 rings (SSSR count). The van der Waals surface area contributed by atoms with Crippen molar-refractivity contribution in [3.63, 3.8) is 0 Å². The number of rotatable bonds is 9. The van der Waals surface area contributed by atoms with Gasteiger partial charge in [0.15, 0.2) is 11.5 Å². The van der Waals surface area contributed by atoms with Crippen LogP contribution < -0.4 is 14.8 Å². The summed E-state index contributed by atoms with van der Waals surface area (Å²) in [5.74, 6) is 0.298. The van der Waals surface area contributed by atoms with Gasteiger partial charge in [0.2, 0.25) is 0 Å². The molecule has 1 fully saturated rings. The lowest BCUT2D eigenvalue weighted by Crippen LogP contribution is -2.43. The average molecular weight is 427 g/mol. The van der Waals surface area contributed by atoms with Crippen molar-refractivity contribution in [2.45, 2.75) is 51.2 Å². The fourth-order valence-corrected chi connectivity index (χ4v) is 3.64. The first-order valence-electron chi connectivity index (χ1n) is 10.6. The standard InChI is InChI=1S/C24H29NO6/c1-3-30-24(28)20(14-16-8-11-18(26)12-9-16)25-23(27)17-10-13-21(29-2)22(15-17)31-19-6-4-5-7-19/h8-13,15,19-20,26H,3-7,14H2,1-2H3,(H,25,27). The van der Waals surface area contributed by atoms with Crippen LogP contribution in [0.2, 0.25) is 0 Å². The minimum absolute atomic E-state index is 0.119. The van der Waals surface area contributed by atoms with Crippen LogP contribution in [0.15, 0.2) is 42.5 Å². The number of methoxy groups -OCH3 is 1. The van der Waals surface area contributed by atoms with Gasteiger partial charge in [-0.3, -0.25) is 4.79 Å². The van der Waals surface area contributed by atoms with E-state index in [0.29, 0.717) is 17.1 Å². The molecule has 2 aromatic carbocycles. The first kappa shape index (κ1) is 22.5. The molecule has 0 aromatic heterocycles. The molecule has 1 aliphatic carbocycles. The number of hydrogen-bond acceptors (Lipinski definition) is 6. The Kier molecular flexibility index (Phi) is 7.76. The van der Waals surface area contributed by atoms with Gasteiger partial charge < -0.3 is 24.6 Å². The molecule has 1 amide bonds. The van der Waals surface area contributed by atoms with Gasteiger partial charge in [-0.05, 0) is 68.5 Å². The fraction of sp³-hybridized carbons (Fsp3) is 0.417. The van der Waals surface area contributed by atoms with Crippen LogP contribution >= 0.6 is 0 Å². The maximum Gasteiger partial charge on any atom is 0.328 e. The van der Waals surface area contributed by atoms with E-state index in [1.807, 2.05) is 0 Å². The van der Waals surface area contributed by atoms with Gasteiger partial charge in [0.1, 0.15) is 11.8 Å². The van der Waals surface area contributed by atoms with Crippen LogP contribution in [0.5, 0.6) is 17.2 Å². The molecule has 1 saturated carbocycles. The number of phenols is 1. The Morgan fingerprint density at radius 2 is 1.81 bits per heavy atom. The van der Waals surface area contributed by atoms with E-state index in [1.54, 1.807) is 44.4 Å². The summed E-state index contributed by atoms with van der Waals surface area (Å²) in [6, 6.07) is 10.6. The maximum atomic E-state index is 12.9. The molecule has 0 bridgehead atoms. The topological polar surface area (TPSA) is 94.1 Å². The number of phenolic OH excluding ortho intramolecular Hbond substituents is 1. The van der Waals surface area contributed by atoms with Gasteiger partial charge in [-0.2, -0.15) is 0 Å². The quantitative estimate of drug-likeness (QED) is 0.594. The molecule has 0 heterocycles. The molecule has 166 valence electrons. The molecule has 7 nitrogen and oxygen atoms in total. The third-order valence-electron chi connectivity index (χ3n) is 5.27. The summed E-state index contributed by atoms with van der Waals surface area (Å²) < 4.78 is 16.6. The number of esters is 1. The number of hydrogen-bond donors (Lipinski definition) is 2. The van der Waals surface area contributed by atoms with Gasteiger partial charge in [0, 0.05) is 12.0 Å². The van der Waals surface area contributed by atoms with Crippen molar-refractivity contribution in [3.8, 4) is 17.2 Å². The van der Waals surface area contributed by atoms with Gasteiger partial charge >= 0.3 is 5.97 Å². The number of amides is 1. The number of nitrogens with one attached hydrogen (secondary N) is 1. The lowest BCUT2D eigenvalue weighted by Gasteiger charge is -2.19. The van der Waals surface area contributed by atoms with Gasteiger partial charge in [0.05, 0.1) is 19.8 Å². The molecule has 1 unspecified atom stereocenters. The van der Waals surface area contributed by atoms with E-state index in [2.05, 4.69) is 5.32 Å². The number of carbonyl (C=O) groups is 2. The second-order valence-corrected chi connectivity index (χ2v) is 7.54. The molecule has 7 heteroatoms. The number of carbonyl (C=O) groups excluding carboxylic acids is 2. The van der Waals surface area contributed by atoms with E-state index < -0.39 is 17.9 Å². The zero-order valence-electron chi connectivity index (χ0n) is 17.9. The Balaban J connectivity index is 1.76. The Labute approximate surface area is 182 Å². The van der Waals surface area contributed by atoms with E-state index >= 15 is 0 Å². The van der Waals surface area contributed by atoms with Crippen molar-refractivity contribution >= 4 is 11.9 Å². The first-order valence-corrected chi connectivity index (χ1v) is 10.6. The largest absolute Gasteiger partial charge is 0.508 e. The zero-order valence-corrected chi connectivity index (χ0v) is 17.9. The highest BCUT2D eigenvalue weighted by Crippen LogP contribution is 2.32. The van der Waals surface area contributed by atoms with Gasteiger partial charge in [-0.15, -0.1) is 0 Å². The van der Waals surface area contributed by atoms with E-state index in [1.165, 1.54) is 12.1 Å². The normalized spacial score (nSPS) is 14.6. The molecular formula is C24H29NO6. The molecule has 31 heavy (non-hydrogen) atoms. The summed E-state index contributed by atoms with van der Waals surface area (Å²) in [4.78, 5) is 25.4. The number of aromatic hydroxyl groups is 1. The molecule has 2 N–H and O–H groups in total. The highest BCUT2D eigenvalue weighted by molar-refractivity contribution is 5.97. The minimum atomic E-state index is -0.863. The summed E-state index contributed by atoms with van der Waals surface area (Å²) in [6.07, 6.45) is 4.59. The van der Waals surface area contributed by atoms with Crippen molar-refractivity contribution in [2.24, 2.45) is 0 Å². The molecule has 1 atom stereocenters. The van der Waals surface area contributed by atoms with E-state index in [9.17, 15) is 14.7 Å². The molecular weight excluding hydrogens is 398 g/mol. The van der Waals surface area contributed by atoms with Crippen LogP contribution in [-0.2, 0) is 16.0 Å². The molecule has 0 saturated heterocycles. The summed E-state index contributed by atoms with van der Waals surface area (Å²) in [6.45, 7) is 1.93. The number of benzene rings is 2. The third-order valence-corrected chi connectivity index (χ3v) is 5.27. The van der Waals surface area contributed by atoms with Crippen molar-refractivity contribution < 1.29 is 28.9 Å². The highest BCUT2D eigenvalue weighted by atomic mass is 16.5. The van der Waals surface area contributed by atoms with Crippen LogP contribution in [0, 0.1) is 0 Å². The van der Waals surface area contributed by atoms with Gasteiger partial charge in [-0.25, -0.2) is 4.79 Å². The molecule has 0 spiro atoms. The smallest absolute Gasteiger partial charge is 0.328 e. The summed E-state index contributed by atoms with van der Waals surface area (Å²) in [5, 5.41) is 12.2. The second kappa shape index (κ2) is 10.7. The summed E-state index contributed by atoms with van der Waals surface area (Å²) in [5.41, 5.74) is 1.16. The van der Waals surface area contributed by atoms with Crippen LogP contribution in [0.25, 0.3) is 0 Å². The van der Waals surface area contributed by atoms with Crippen molar-refractivity contribution in [1.82, 2.24) is 5.32 Å². The van der Waals surface area contributed by atoms with Crippen LogP contribution in [-0.4, -0.2) is 42.8 Å². The van der Waals surface area contributed by atoms with Crippen LogP contribution in [0.4, 0.5) is 0 Å². The first-order chi connectivity index (χ1) is 15.0. The highest BCUT2D eigenvalue weighted by Gasteiger charge is 2.25.